The van der Waals surface area contributed by atoms with Crippen LogP contribution < -0.4 is 4.74 Å². The molecule has 1 aromatic heterocycles. The van der Waals surface area contributed by atoms with Gasteiger partial charge < -0.3 is 4.74 Å². The lowest BCUT2D eigenvalue weighted by Crippen LogP contribution is -2.10. The molecule has 0 aliphatic rings. The van der Waals surface area contributed by atoms with Gasteiger partial charge in [-0.15, -0.1) is 6.42 Å². The molecule has 0 radical (unpaired) electrons. The number of ether oxygens (including phenoxy) is 1. The predicted molar refractivity (Wildman–Crippen MR) is 51.0 cm³/mol. The minimum Gasteiger partial charge on any atom is -0.460 e. The SMILES string of the molecule is C#CC(C)Oc1cnc(C(C)=O)cn1. The van der Waals surface area contributed by atoms with Gasteiger partial charge in [-0.2, -0.15) is 0 Å². The van der Waals surface area contributed by atoms with Crippen molar-refractivity contribution >= 4 is 5.78 Å². The zero-order chi connectivity index (χ0) is 10.6. The van der Waals surface area contributed by atoms with Gasteiger partial charge in [-0.3, -0.25) is 4.79 Å². The summed E-state index contributed by atoms with van der Waals surface area (Å²) < 4.78 is 5.18. The Morgan fingerprint density at radius 2 is 2.29 bits per heavy atom. The molecule has 0 amide bonds. The van der Waals surface area contributed by atoms with E-state index in [0.717, 1.165) is 0 Å². The van der Waals surface area contributed by atoms with Crippen molar-refractivity contribution in [2.75, 3.05) is 0 Å². The molecule has 0 spiro atoms. The zero-order valence-electron chi connectivity index (χ0n) is 8.02. The first-order chi connectivity index (χ1) is 6.63. The summed E-state index contributed by atoms with van der Waals surface area (Å²) in [5.74, 6) is 2.58. The molecule has 0 saturated carbocycles. The van der Waals surface area contributed by atoms with E-state index in [1.165, 1.54) is 19.3 Å². The van der Waals surface area contributed by atoms with Crippen LogP contribution in [0.5, 0.6) is 5.88 Å². The Morgan fingerprint density at radius 3 is 2.71 bits per heavy atom. The van der Waals surface area contributed by atoms with Crippen molar-refractivity contribution in [3.05, 3.63) is 18.1 Å². The molecule has 72 valence electrons. The van der Waals surface area contributed by atoms with Crippen LogP contribution in [-0.4, -0.2) is 21.9 Å². The van der Waals surface area contributed by atoms with Crippen LogP contribution in [0, 0.1) is 12.3 Å². The third-order valence-electron chi connectivity index (χ3n) is 1.52. The minimum atomic E-state index is -0.354. The second kappa shape index (κ2) is 4.38. The molecule has 0 bridgehead atoms. The molecule has 1 heterocycles. The third-order valence-corrected chi connectivity index (χ3v) is 1.52. The molecule has 0 aliphatic heterocycles. The average molecular weight is 190 g/mol. The van der Waals surface area contributed by atoms with Gasteiger partial charge in [-0.05, 0) is 6.92 Å². The maximum absolute atomic E-state index is 10.9. The van der Waals surface area contributed by atoms with Crippen LogP contribution in [0.1, 0.15) is 24.3 Å². The summed E-state index contributed by atoms with van der Waals surface area (Å²) in [6, 6.07) is 0. The summed E-state index contributed by atoms with van der Waals surface area (Å²) in [4.78, 5) is 18.6. The van der Waals surface area contributed by atoms with Crippen LogP contribution in [0.2, 0.25) is 0 Å². The van der Waals surface area contributed by atoms with Crippen LogP contribution in [0.25, 0.3) is 0 Å². The smallest absolute Gasteiger partial charge is 0.233 e. The Kier molecular flexibility index (Phi) is 3.19. The molecule has 1 atom stereocenters. The van der Waals surface area contributed by atoms with E-state index < -0.39 is 0 Å². The molecule has 0 aromatic carbocycles. The Hall–Kier alpha value is -1.89. The lowest BCUT2D eigenvalue weighted by Gasteiger charge is -2.06. The van der Waals surface area contributed by atoms with Crippen molar-refractivity contribution in [3.63, 3.8) is 0 Å². The molecular weight excluding hydrogens is 180 g/mol. The van der Waals surface area contributed by atoms with Gasteiger partial charge >= 0.3 is 0 Å². The molecular formula is C10H10N2O2. The number of hydrogen-bond acceptors (Lipinski definition) is 4. The molecule has 1 aromatic rings. The fraction of sp³-hybridized carbons (Fsp3) is 0.300. The number of hydrogen-bond donors (Lipinski definition) is 0. The first-order valence-corrected chi connectivity index (χ1v) is 4.09. The quantitative estimate of drug-likeness (QED) is 0.528. The number of terminal acetylenes is 1. The largest absolute Gasteiger partial charge is 0.460 e. The van der Waals surface area contributed by atoms with E-state index in [2.05, 4.69) is 15.9 Å². The van der Waals surface area contributed by atoms with Gasteiger partial charge in [0.25, 0.3) is 0 Å². The van der Waals surface area contributed by atoms with E-state index in [-0.39, 0.29) is 11.9 Å². The Bertz CT molecular complexity index is 365. The Morgan fingerprint density at radius 1 is 1.57 bits per heavy atom. The second-order valence-corrected chi connectivity index (χ2v) is 2.72. The molecule has 1 unspecified atom stereocenters. The van der Waals surface area contributed by atoms with Gasteiger partial charge in [0.15, 0.2) is 11.9 Å². The van der Waals surface area contributed by atoms with Crippen LogP contribution in [0.3, 0.4) is 0 Å². The number of Topliss-reactive ketones (excluding diaryl/α,β-unsaturated/α-hetero) is 1. The van der Waals surface area contributed by atoms with Crippen LogP contribution in [-0.2, 0) is 0 Å². The summed E-state index contributed by atoms with van der Waals surface area (Å²) in [5, 5.41) is 0. The number of carbonyl (C=O) groups is 1. The van der Waals surface area contributed by atoms with Gasteiger partial charge in [0.2, 0.25) is 5.88 Å². The second-order valence-electron chi connectivity index (χ2n) is 2.72. The normalized spacial score (nSPS) is 11.5. The highest BCUT2D eigenvalue weighted by Gasteiger charge is 2.04. The van der Waals surface area contributed by atoms with Gasteiger partial charge in [0.1, 0.15) is 5.69 Å². The van der Waals surface area contributed by atoms with E-state index in [1.807, 2.05) is 0 Å². The number of aromatic nitrogens is 2. The highest BCUT2D eigenvalue weighted by Crippen LogP contribution is 2.06. The van der Waals surface area contributed by atoms with Crippen LogP contribution in [0.4, 0.5) is 0 Å². The number of carbonyl (C=O) groups excluding carboxylic acids is 1. The van der Waals surface area contributed by atoms with Gasteiger partial charge in [-0.1, -0.05) is 5.92 Å². The minimum absolute atomic E-state index is 0.131. The number of nitrogens with zero attached hydrogens (tertiary/aromatic N) is 2. The summed E-state index contributed by atoms with van der Waals surface area (Å²) in [6.07, 6.45) is 7.51. The number of ketones is 1. The van der Waals surface area contributed by atoms with Crippen molar-refractivity contribution in [3.8, 4) is 18.2 Å². The summed E-state index contributed by atoms with van der Waals surface area (Å²) in [7, 11) is 0. The van der Waals surface area contributed by atoms with Crippen molar-refractivity contribution in [2.45, 2.75) is 20.0 Å². The Labute approximate surface area is 82.3 Å². The molecule has 0 aliphatic carbocycles. The highest BCUT2D eigenvalue weighted by atomic mass is 16.5. The molecule has 14 heavy (non-hydrogen) atoms. The number of rotatable bonds is 3. The fourth-order valence-electron chi connectivity index (χ4n) is 0.774. The van der Waals surface area contributed by atoms with Crippen molar-refractivity contribution < 1.29 is 9.53 Å². The van der Waals surface area contributed by atoms with Crippen LogP contribution in [0.15, 0.2) is 12.4 Å². The summed E-state index contributed by atoms with van der Waals surface area (Å²) in [6.45, 7) is 3.15. The van der Waals surface area contributed by atoms with E-state index >= 15 is 0 Å². The van der Waals surface area contributed by atoms with Crippen molar-refractivity contribution in [1.29, 1.82) is 0 Å². The third kappa shape index (κ3) is 2.56. The Balaban J connectivity index is 2.75. The fourth-order valence-corrected chi connectivity index (χ4v) is 0.774. The monoisotopic (exact) mass is 190 g/mol. The van der Waals surface area contributed by atoms with E-state index in [0.29, 0.717) is 11.6 Å². The van der Waals surface area contributed by atoms with Crippen molar-refractivity contribution in [1.82, 2.24) is 9.97 Å². The molecule has 1 rings (SSSR count). The highest BCUT2D eigenvalue weighted by molar-refractivity contribution is 5.91. The lowest BCUT2D eigenvalue weighted by molar-refractivity contribution is 0.101. The predicted octanol–water partition coefficient (Wildman–Crippen LogP) is 1.08. The maximum atomic E-state index is 10.9. The zero-order valence-corrected chi connectivity index (χ0v) is 8.02. The van der Waals surface area contributed by atoms with Crippen molar-refractivity contribution in [2.24, 2.45) is 0 Å². The van der Waals surface area contributed by atoms with Gasteiger partial charge in [-0.25, -0.2) is 9.97 Å². The van der Waals surface area contributed by atoms with Gasteiger partial charge in [0.05, 0.1) is 12.4 Å². The standard InChI is InChI=1S/C10H10N2O2/c1-4-7(2)14-10-6-11-9(5-12-10)8(3)13/h1,5-7H,2-3H3. The maximum Gasteiger partial charge on any atom is 0.233 e. The van der Waals surface area contributed by atoms with E-state index in [9.17, 15) is 4.79 Å². The topological polar surface area (TPSA) is 52.1 Å². The lowest BCUT2D eigenvalue weighted by atomic mass is 10.3. The van der Waals surface area contributed by atoms with Crippen LogP contribution >= 0.6 is 0 Å². The van der Waals surface area contributed by atoms with Gasteiger partial charge in [0, 0.05) is 6.92 Å². The average Bonchev–Trinajstić information content (AvgIpc) is 2.18. The first kappa shape index (κ1) is 10.2. The molecule has 0 saturated heterocycles. The molecule has 4 nitrogen and oxygen atoms in total. The molecule has 0 N–H and O–H groups in total. The first-order valence-electron chi connectivity index (χ1n) is 4.09. The molecule has 4 heteroatoms. The summed E-state index contributed by atoms with van der Waals surface area (Å²) >= 11 is 0. The van der Waals surface area contributed by atoms with E-state index in [4.69, 9.17) is 11.2 Å². The van der Waals surface area contributed by atoms with E-state index in [1.54, 1.807) is 6.92 Å². The molecule has 0 fully saturated rings. The summed E-state index contributed by atoms with van der Waals surface area (Å²) in [5.41, 5.74) is 0.311.